The SMILES string of the molecule is CC[C@H]1CCC[C@@H](C)[C@@H]1N. The molecule has 0 aromatic carbocycles. The molecular formula is C9H19N. The molecule has 0 aliphatic heterocycles. The maximum absolute atomic E-state index is 6.03. The highest BCUT2D eigenvalue weighted by molar-refractivity contribution is 4.81. The van der Waals surface area contributed by atoms with E-state index < -0.39 is 0 Å². The molecule has 0 aromatic heterocycles. The van der Waals surface area contributed by atoms with E-state index in [-0.39, 0.29) is 0 Å². The van der Waals surface area contributed by atoms with Crippen molar-refractivity contribution in [3.05, 3.63) is 0 Å². The molecule has 60 valence electrons. The average Bonchev–Trinajstić information content (AvgIpc) is 1.95. The first-order valence-electron chi connectivity index (χ1n) is 4.51. The lowest BCUT2D eigenvalue weighted by atomic mass is 9.77. The monoisotopic (exact) mass is 141 g/mol. The summed E-state index contributed by atoms with van der Waals surface area (Å²) in [5.41, 5.74) is 6.03. The van der Waals surface area contributed by atoms with Gasteiger partial charge in [-0.05, 0) is 24.7 Å². The van der Waals surface area contributed by atoms with Crippen molar-refractivity contribution in [1.29, 1.82) is 0 Å². The summed E-state index contributed by atoms with van der Waals surface area (Å²) in [5, 5.41) is 0. The summed E-state index contributed by atoms with van der Waals surface area (Å²) in [5.74, 6) is 1.57. The molecule has 0 bridgehead atoms. The number of nitrogens with two attached hydrogens (primary N) is 1. The van der Waals surface area contributed by atoms with Crippen molar-refractivity contribution in [2.45, 2.75) is 45.6 Å². The van der Waals surface area contributed by atoms with Crippen molar-refractivity contribution in [2.24, 2.45) is 17.6 Å². The molecule has 1 rings (SSSR count). The Kier molecular flexibility index (Phi) is 2.72. The number of rotatable bonds is 1. The van der Waals surface area contributed by atoms with Gasteiger partial charge in [0.1, 0.15) is 0 Å². The minimum absolute atomic E-state index is 0.485. The maximum atomic E-state index is 6.03. The lowest BCUT2D eigenvalue weighted by molar-refractivity contribution is 0.229. The minimum atomic E-state index is 0.485. The zero-order valence-electron chi connectivity index (χ0n) is 7.14. The van der Waals surface area contributed by atoms with Gasteiger partial charge in [-0.25, -0.2) is 0 Å². The molecule has 10 heavy (non-hydrogen) atoms. The van der Waals surface area contributed by atoms with Gasteiger partial charge in [-0.15, -0.1) is 0 Å². The maximum Gasteiger partial charge on any atom is 0.00928 e. The van der Waals surface area contributed by atoms with Crippen LogP contribution in [0.25, 0.3) is 0 Å². The van der Waals surface area contributed by atoms with Crippen LogP contribution in [0, 0.1) is 11.8 Å². The van der Waals surface area contributed by atoms with Gasteiger partial charge >= 0.3 is 0 Å². The van der Waals surface area contributed by atoms with Crippen LogP contribution in [0.5, 0.6) is 0 Å². The fourth-order valence-electron chi connectivity index (χ4n) is 2.03. The highest BCUT2D eigenvalue weighted by Crippen LogP contribution is 2.29. The first-order chi connectivity index (χ1) is 4.75. The van der Waals surface area contributed by atoms with Crippen molar-refractivity contribution in [2.75, 3.05) is 0 Å². The van der Waals surface area contributed by atoms with Crippen LogP contribution >= 0.6 is 0 Å². The molecule has 2 N–H and O–H groups in total. The average molecular weight is 141 g/mol. The topological polar surface area (TPSA) is 26.0 Å². The molecule has 1 saturated carbocycles. The summed E-state index contributed by atoms with van der Waals surface area (Å²) in [4.78, 5) is 0. The third-order valence-electron chi connectivity index (χ3n) is 2.96. The second-order valence-corrected chi connectivity index (χ2v) is 3.65. The molecule has 1 fully saturated rings. The highest BCUT2D eigenvalue weighted by Gasteiger charge is 2.25. The van der Waals surface area contributed by atoms with E-state index in [2.05, 4.69) is 13.8 Å². The van der Waals surface area contributed by atoms with Crippen molar-refractivity contribution in [3.63, 3.8) is 0 Å². The van der Waals surface area contributed by atoms with Crippen LogP contribution in [-0.2, 0) is 0 Å². The van der Waals surface area contributed by atoms with E-state index in [1.807, 2.05) is 0 Å². The lowest BCUT2D eigenvalue weighted by Gasteiger charge is -2.33. The summed E-state index contributed by atoms with van der Waals surface area (Å²) in [6.45, 7) is 4.54. The fraction of sp³-hybridized carbons (Fsp3) is 1.00. The zero-order chi connectivity index (χ0) is 7.56. The second-order valence-electron chi connectivity index (χ2n) is 3.65. The van der Waals surface area contributed by atoms with Crippen molar-refractivity contribution in [3.8, 4) is 0 Å². The van der Waals surface area contributed by atoms with Crippen molar-refractivity contribution < 1.29 is 0 Å². The lowest BCUT2D eigenvalue weighted by Crippen LogP contribution is -2.39. The standard InChI is InChI=1S/C9H19N/c1-3-8-6-4-5-7(2)9(8)10/h7-9H,3-6,10H2,1-2H3/t7-,8+,9+/m1/s1. The fourth-order valence-corrected chi connectivity index (χ4v) is 2.03. The summed E-state index contributed by atoms with van der Waals surface area (Å²) in [6.07, 6.45) is 5.37. The van der Waals surface area contributed by atoms with E-state index in [9.17, 15) is 0 Å². The van der Waals surface area contributed by atoms with Gasteiger partial charge in [0.15, 0.2) is 0 Å². The third-order valence-corrected chi connectivity index (χ3v) is 2.96. The van der Waals surface area contributed by atoms with Gasteiger partial charge in [0.05, 0.1) is 0 Å². The number of hydrogen-bond donors (Lipinski definition) is 1. The molecule has 1 nitrogen and oxygen atoms in total. The van der Waals surface area contributed by atoms with Gasteiger partial charge in [-0.1, -0.05) is 26.7 Å². The van der Waals surface area contributed by atoms with E-state index in [1.165, 1.54) is 25.7 Å². The second kappa shape index (κ2) is 3.38. The Morgan fingerprint density at radius 3 is 2.60 bits per heavy atom. The van der Waals surface area contributed by atoms with E-state index in [1.54, 1.807) is 0 Å². The molecule has 1 aliphatic rings. The Balaban J connectivity index is 2.42. The van der Waals surface area contributed by atoms with E-state index in [4.69, 9.17) is 5.73 Å². The molecule has 0 heterocycles. The van der Waals surface area contributed by atoms with Crippen LogP contribution in [0.4, 0.5) is 0 Å². The third kappa shape index (κ3) is 1.51. The minimum Gasteiger partial charge on any atom is -0.327 e. The Bertz CT molecular complexity index is 101. The van der Waals surface area contributed by atoms with Gasteiger partial charge in [-0.2, -0.15) is 0 Å². The molecule has 0 saturated heterocycles. The molecular weight excluding hydrogens is 122 g/mol. The van der Waals surface area contributed by atoms with Crippen LogP contribution in [0.15, 0.2) is 0 Å². The Morgan fingerprint density at radius 1 is 1.40 bits per heavy atom. The summed E-state index contributed by atoms with van der Waals surface area (Å²) < 4.78 is 0. The van der Waals surface area contributed by atoms with Crippen LogP contribution in [0.1, 0.15) is 39.5 Å². The van der Waals surface area contributed by atoms with Crippen LogP contribution in [-0.4, -0.2) is 6.04 Å². The molecule has 0 amide bonds. The van der Waals surface area contributed by atoms with E-state index in [0.29, 0.717) is 6.04 Å². The van der Waals surface area contributed by atoms with Crippen LogP contribution < -0.4 is 5.73 Å². The molecule has 0 spiro atoms. The normalized spacial score (nSPS) is 41.7. The first-order valence-corrected chi connectivity index (χ1v) is 4.51. The first kappa shape index (κ1) is 8.06. The molecule has 0 unspecified atom stereocenters. The largest absolute Gasteiger partial charge is 0.327 e. The van der Waals surface area contributed by atoms with E-state index >= 15 is 0 Å². The number of hydrogen-bond acceptors (Lipinski definition) is 1. The molecule has 0 radical (unpaired) electrons. The van der Waals surface area contributed by atoms with Gasteiger partial charge in [0.25, 0.3) is 0 Å². The predicted octanol–water partition coefficient (Wildman–Crippen LogP) is 2.16. The van der Waals surface area contributed by atoms with Gasteiger partial charge in [0.2, 0.25) is 0 Å². The Morgan fingerprint density at radius 2 is 2.10 bits per heavy atom. The summed E-state index contributed by atoms with van der Waals surface area (Å²) in [6, 6.07) is 0.485. The van der Waals surface area contributed by atoms with Crippen LogP contribution in [0.3, 0.4) is 0 Å². The molecule has 0 aromatic rings. The Hall–Kier alpha value is -0.0400. The van der Waals surface area contributed by atoms with Gasteiger partial charge in [-0.3, -0.25) is 0 Å². The Labute approximate surface area is 64.0 Å². The molecule has 1 aliphatic carbocycles. The summed E-state index contributed by atoms with van der Waals surface area (Å²) in [7, 11) is 0. The van der Waals surface area contributed by atoms with Gasteiger partial charge in [0, 0.05) is 6.04 Å². The van der Waals surface area contributed by atoms with Crippen LogP contribution in [0.2, 0.25) is 0 Å². The highest BCUT2D eigenvalue weighted by atomic mass is 14.7. The van der Waals surface area contributed by atoms with E-state index in [0.717, 1.165) is 11.8 Å². The molecule has 1 heteroatoms. The summed E-state index contributed by atoms with van der Waals surface area (Å²) >= 11 is 0. The quantitative estimate of drug-likeness (QED) is 0.595. The predicted molar refractivity (Wildman–Crippen MR) is 44.8 cm³/mol. The van der Waals surface area contributed by atoms with Gasteiger partial charge < -0.3 is 5.73 Å². The smallest absolute Gasteiger partial charge is 0.00928 e. The van der Waals surface area contributed by atoms with Crippen molar-refractivity contribution in [1.82, 2.24) is 0 Å². The molecule has 3 atom stereocenters. The van der Waals surface area contributed by atoms with Crippen molar-refractivity contribution >= 4 is 0 Å². The zero-order valence-corrected chi connectivity index (χ0v) is 7.14.